The molecule has 0 spiro atoms. The summed E-state index contributed by atoms with van der Waals surface area (Å²) in [6, 6.07) is 6.18. The Morgan fingerprint density at radius 3 is 2.46 bits per heavy atom. The Morgan fingerprint density at radius 2 is 1.83 bits per heavy atom. The second-order valence-corrected chi connectivity index (χ2v) is 8.27. The predicted octanol–water partition coefficient (Wildman–Crippen LogP) is 1.77. The zero-order chi connectivity index (χ0) is 17.0. The summed E-state index contributed by atoms with van der Waals surface area (Å²) in [7, 11) is -3.45. The van der Waals surface area contributed by atoms with Crippen molar-refractivity contribution in [3.05, 3.63) is 29.8 Å². The second-order valence-electron chi connectivity index (χ2n) is 6.33. The van der Waals surface area contributed by atoms with Crippen LogP contribution in [0.25, 0.3) is 0 Å². The molecule has 7 heteroatoms. The van der Waals surface area contributed by atoms with Crippen LogP contribution in [0.4, 0.5) is 0 Å². The van der Waals surface area contributed by atoms with Crippen molar-refractivity contribution in [2.75, 3.05) is 26.2 Å². The third-order valence-electron chi connectivity index (χ3n) is 4.58. The van der Waals surface area contributed by atoms with Crippen LogP contribution in [0.3, 0.4) is 0 Å². The quantitative estimate of drug-likeness (QED) is 0.876. The number of benzene rings is 1. The van der Waals surface area contributed by atoms with Crippen LogP contribution in [-0.4, -0.2) is 51.0 Å². The minimum Gasteiger partial charge on any atom is -0.376 e. The van der Waals surface area contributed by atoms with Crippen molar-refractivity contribution in [3.8, 4) is 0 Å². The summed E-state index contributed by atoms with van der Waals surface area (Å²) in [4.78, 5) is 12.4. The number of nitrogens with one attached hydrogen (secondary N) is 1. The number of nitrogens with zero attached hydrogens (tertiary/aromatic N) is 1. The van der Waals surface area contributed by atoms with Gasteiger partial charge in [-0.2, -0.15) is 4.31 Å². The van der Waals surface area contributed by atoms with Crippen molar-refractivity contribution in [2.45, 2.75) is 43.1 Å². The molecule has 2 heterocycles. The van der Waals surface area contributed by atoms with Crippen LogP contribution in [0.1, 0.15) is 42.5 Å². The summed E-state index contributed by atoms with van der Waals surface area (Å²) in [5.74, 6) is -0.201. The SMILES string of the molecule is O=C(NCC1CCCO1)c1ccc(S(=O)(=O)N2CCCCC2)cc1. The van der Waals surface area contributed by atoms with Gasteiger partial charge in [0.1, 0.15) is 0 Å². The van der Waals surface area contributed by atoms with Crippen molar-refractivity contribution in [1.29, 1.82) is 0 Å². The molecule has 3 rings (SSSR count). The van der Waals surface area contributed by atoms with Crippen molar-refractivity contribution < 1.29 is 17.9 Å². The maximum atomic E-state index is 12.6. The van der Waals surface area contributed by atoms with Crippen LogP contribution in [0.2, 0.25) is 0 Å². The largest absolute Gasteiger partial charge is 0.376 e. The molecular formula is C17H24N2O4S. The molecule has 1 amide bonds. The molecule has 132 valence electrons. The Bertz CT molecular complexity index is 660. The minimum absolute atomic E-state index is 0.0905. The average Bonchev–Trinajstić information content (AvgIpc) is 3.14. The molecule has 0 saturated carbocycles. The molecule has 2 fully saturated rings. The fraction of sp³-hybridized carbons (Fsp3) is 0.588. The highest BCUT2D eigenvalue weighted by Gasteiger charge is 2.26. The fourth-order valence-corrected chi connectivity index (χ4v) is 4.66. The lowest BCUT2D eigenvalue weighted by atomic mass is 10.2. The number of hydrogen-bond donors (Lipinski definition) is 1. The third kappa shape index (κ3) is 3.96. The lowest BCUT2D eigenvalue weighted by molar-refractivity contribution is 0.0857. The van der Waals surface area contributed by atoms with Crippen LogP contribution >= 0.6 is 0 Å². The van der Waals surface area contributed by atoms with Crippen LogP contribution in [0.15, 0.2) is 29.2 Å². The summed E-state index contributed by atoms with van der Waals surface area (Å²) < 4.78 is 32.2. The van der Waals surface area contributed by atoms with E-state index < -0.39 is 10.0 Å². The summed E-state index contributed by atoms with van der Waals surface area (Å²) >= 11 is 0. The molecule has 1 atom stereocenters. The predicted molar refractivity (Wildman–Crippen MR) is 90.4 cm³/mol. The van der Waals surface area contributed by atoms with E-state index in [2.05, 4.69) is 5.32 Å². The van der Waals surface area contributed by atoms with Gasteiger partial charge in [-0.15, -0.1) is 0 Å². The van der Waals surface area contributed by atoms with Gasteiger partial charge < -0.3 is 10.1 Å². The van der Waals surface area contributed by atoms with Gasteiger partial charge in [0, 0.05) is 31.8 Å². The number of amides is 1. The van der Waals surface area contributed by atoms with E-state index in [0.717, 1.165) is 38.7 Å². The molecule has 2 aliphatic rings. The highest BCUT2D eigenvalue weighted by molar-refractivity contribution is 7.89. The number of ether oxygens (including phenoxy) is 1. The Hall–Kier alpha value is -1.44. The van der Waals surface area contributed by atoms with Gasteiger partial charge in [0.25, 0.3) is 5.91 Å². The molecule has 24 heavy (non-hydrogen) atoms. The van der Waals surface area contributed by atoms with Crippen molar-refractivity contribution in [2.24, 2.45) is 0 Å². The van der Waals surface area contributed by atoms with Crippen molar-refractivity contribution in [3.63, 3.8) is 0 Å². The minimum atomic E-state index is -3.45. The smallest absolute Gasteiger partial charge is 0.251 e. The van der Waals surface area contributed by atoms with Crippen LogP contribution in [0.5, 0.6) is 0 Å². The zero-order valence-corrected chi connectivity index (χ0v) is 14.6. The van der Waals surface area contributed by atoms with Gasteiger partial charge in [-0.05, 0) is 49.9 Å². The molecule has 0 aliphatic carbocycles. The molecule has 2 saturated heterocycles. The van der Waals surface area contributed by atoms with E-state index in [9.17, 15) is 13.2 Å². The lowest BCUT2D eigenvalue weighted by Gasteiger charge is -2.25. The molecule has 0 radical (unpaired) electrons. The fourth-order valence-electron chi connectivity index (χ4n) is 3.15. The number of piperidine rings is 1. The number of carbonyl (C=O) groups excluding carboxylic acids is 1. The van der Waals surface area contributed by atoms with Gasteiger partial charge in [0.2, 0.25) is 10.0 Å². The van der Waals surface area contributed by atoms with E-state index in [1.165, 1.54) is 16.4 Å². The Labute approximate surface area is 143 Å². The molecular weight excluding hydrogens is 328 g/mol. The highest BCUT2D eigenvalue weighted by Crippen LogP contribution is 2.21. The average molecular weight is 352 g/mol. The maximum Gasteiger partial charge on any atom is 0.251 e. The molecule has 1 unspecified atom stereocenters. The van der Waals surface area contributed by atoms with Gasteiger partial charge in [-0.3, -0.25) is 4.79 Å². The van der Waals surface area contributed by atoms with Crippen LogP contribution < -0.4 is 5.32 Å². The first-order chi connectivity index (χ1) is 11.6. The van der Waals surface area contributed by atoms with Gasteiger partial charge in [-0.1, -0.05) is 6.42 Å². The van der Waals surface area contributed by atoms with E-state index in [4.69, 9.17) is 4.74 Å². The summed E-state index contributed by atoms with van der Waals surface area (Å²) in [6.45, 7) is 2.40. The van der Waals surface area contributed by atoms with Gasteiger partial charge in [0.15, 0.2) is 0 Å². The first-order valence-corrected chi connectivity index (χ1v) is 10.0. The van der Waals surface area contributed by atoms with E-state index in [-0.39, 0.29) is 16.9 Å². The first kappa shape index (κ1) is 17.4. The number of rotatable bonds is 5. The first-order valence-electron chi connectivity index (χ1n) is 8.57. The monoisotopic (exact) mass is 352 g/mol. The number of sulfonamides is 1. The topological polar surface area (TPSA) is 75.7 Å². The lowest BCUT2D eigenvalue weighted by Crippen LogP contribution is -2.35. The Balaban J connectivity index is 1.62. The maximum absolute atomic E-state index is 12.6. The summed E-state index contributed by atoms with van der Waals surface area (Å²) in [5.41, 5.74) is 0.464. The molecule has 1 aromatic carbocycles. The van der Waals surface area contributed by atoms with Crippen molar-refractivity contribution in [1.82, 2.24) is 9.62 Å². The van der Waals surface area contributed by atoms with Crippen molar-refractivity contribution >= 4 is 15.9 Å². The van der Waals surface area contributed by atoms with E-state index in [0.29, 0.717) is 25.2 Å². The normalized spacial score (nSPS) is 22.4. The molecule has 2 aliphatic heterocycles. The summed E-state index contributed by atoms with van der Waals surface area (Å²) in [6.07, 6.45) is 4.98. The van der Waals surface area contributed by atoms with Gasteiger partial charge >= 0.3 is 0 Å². The number of hydrogen-bond acceptors (Lipinski definition) is 4. The molecule has 1 N–H and O–H groups in total. The Kier molecular flexibility index (Phi) is 5.53. The molecule has 0 aromatic heterocycles. The van der Waals surface area contributed by atoms with E-state index in [1.807, 2.05) is 0 Å². The number of carbonyl (C=O) groups is 1. The van der Waals surface area contributed by atoms with Crippen LogP contribution in [-0.2, 0) is 14.8 Å². The highest BCUT2D eigenvalue weighted by atomic mass is 32.2. The summed E-state index contributed by atoms with van der Waals surface area (Å²) in [5, 5.41) is 2.84. The second kappa shape index (κ2) is 7.63. The van der Waals surface area contributed by atoms with E-state index >= 15 is 0 Å². The van der Waals surface area contributed by atoms with E-state index in [1.54, 1.807) is 12.1 Å². The zero-order valence-electron chi connectivity index (χ0n) is 13.7. The molecule has 6 nitrogen and oxygen atoms in total. The standard InChI is InChI=1S/C17H24N2O4S/c20-17(18-13-15-5-4-12-23-15)14-6-8-16(9-7-14)24(21,22)19-10-2-1-3-11-19/h6-9,15H,1-5,10-13H2,(H,18,20). The molecule has 0 bridgehead atoms. The van der Waals surface area contributed by atoms with Gasteiger partial charge in [-0.25, -0.2) is 8.42 Å². The van der Waals surface area contributed by atoms with Gasteiger partial charge in [0.05, 0.1) is 11.0 Å². The molecule has 1 aromatic rings. The third-order valence-corrected chi connectivity index (χ3v) is 6.50. The van der Waals surface area contributed by atoms with Crippen LogP contribution in [0, 0.1) is 0 Å². The Morgan fingerprint density at radius 1 is 1.12 bits per heavy atom.